The second-order valence-corrected chi connectivity index (χ2v) is 4.37. The van der Waals surface area contributed by atoms with Gasteiger partial charge in [-0.25, -0.2) is 4.98 Å². The molecule has 2 rings (SSSR count). The minimum Gasteiger partial charge on any atom is -0.481 e. The normalized spacial score (nSPS) is 18.8. The van der Waals surface area contributed by atoms with E-state index in [1.807, 2.05) is 6.07 Å². The summed E-state index contributed by atoms with van der Waals surface area (Å²) >= 11 is 0. The van der Waals surface area contributed by atoms with E-state index in [0.29, 0.717) is 11.9 Å². The number of ether oxygens (including phenoxy) is 1. The molecule has 0 unspecified atom stereocenters. The molecule has 16 heavy (non-hydrogen) atoms. The smallest absolute Gasteiger partial charge is 0.213 e. The molecule has 0 saturated carbocycles. The standard InChI is InChI=1S/C13H20N2O/c1-3-4-5-10-6-7-12-11(14-10)8-9-13(15-12)16-2/h8-10,14H,3-7H2,1-2H3/t10-/m1/s1. The number of fused-ring (bicyclic) bond motifs is 1. The van der Waals surface area contributed by atoms with Crippen LogP contribution in [-0.4, -0.2) is 18.1 Å². The number of anilines is 1. The van der Waals surface area contributed by atoms with Gasteiger partial charge in [0.1, 0.15) is 0 Å². The van der Waals surface area contributed by atoms with Gasteiger partial charge in [-0.2, -0.15) is 0 Å². The number of rotatable bonds is 4. The molecule has 0 saturated heterocycles. The Hall–Kier alpha value is -1.25. The highest BCUT2D eigenvalue weighted by Crippen LogP contribution is 2.27. The fraction of sp³-hybridized carbons (Fsp3) is 0.615. The topological polar surface area (TPSA) is 34.1 Å². The van der Waals surface area contributed by atoms with Crippen molar-refractivity contribution in [2.45, 2.75) is 45.1 Å². The summed E-state index contributed by atoms with van der Waals surface area (Å²) in [6.45, 7) is 2.24. The van der Waals surface area contributed by atoms with Crippen LogP contribution in [0.25, 0.3) is 0 Å². The molecule has 1 aliphatic heterocycles. The molecule has 0 radical (unpaired) electrons. The third-order valence-electron chi connectivity index (χ3n) is 3.15. The summed E-state index contributed by atoms with van der Waals surface area (Å²) in [6.07, 6.45) is 6.09. The van der Waals surface area contributed by atoms with Crippen molar-refractivity contribution < 1.29 is 4.74 Å². The summed E-state index contributed by atoms with van der Waals surface area (Å²) in [5.41, 5.74) is 2.33. The lowest BCUT2D eigenvalue weighted by Gasteiger charge is -2.26. The first-order valence-electron chi connectivity index (χ1n) is 6.14. The van der Waals surface area contributed by atoms with E-state index in [9.17, 15) is 0 Å². The number of aromatic nitrogens is 1. The minimum absolute atomic E-state index is 0.627. The van der Waals surface area contributed by atoms with E-state index in [1.165, 1.54) is 31.4 Å². The monoisotopic (exact) mass is 220 g/mol. The molecule has 1 aromatic rings. The van der Waals surface area contributed by atoms with Crippen LogP contribution < -0.4 is 10.1 Å². The summed E-state index contributed by atoms with van der Waals surface area (Å²) in [7, 11) is 1.66. The van der Waals surface area contributed by atoms with Crippen LogP contribution in [0.15, 0.2) is 12.1 Å². The molecule has 0 aromatic carbocycles. The Balaban J connectivity index is 2.04. The van der Waals surface area contributed by atoms with Gasteiger partial charge in [0.2, 0.25) is 5.88 Å². The lowest BCUT2D eigenvalue weighted by atomic mass is 9.98. The number of hydrogen-bond donors (Lipinski definition) is 1. The van der Waals surface area contributed by atoms with E-state index in [0.717, 1.165) is 12.1 Å². The molecule has 0 spiro atoms. The van der Waals surface area contributed by atoms with Crippen molar-refractivity contribution in [1.29, 1.82) is 0 Å². The predicted octanol–water partition coefficient (Wildman–Crippen LogP) is 3.01. The Morgan fingerprint density at radius 3 is 3.12 bits per heavy atom. The first-order chi connectivity index (χ1) is 7.83. The summed E-state index contributed by atoms with van der Waals surface area (Å²) in [5.74, 6) is 0.715. The van der Waals surface area contributed by atoms with Crippen LogP contribution in [0.4, 0.5) is 5.69 Å². The largest absolute Gasteiger partial charge is 0.481 e. The summed E-state index contributed by atoms with van der Waals surface area (Å²) in [4.78, 5) is 4.46. The fourth-order valence-electron chi connectivity index (χ4n) is 2.19. The van der Waals surface area contributed by atoms with Crippen LogP contribution in [0.5, 0.6) is 5.88 Å². The maximum Gasteiger partial charge on any atom is 0.213 e. The number of unbranched alkanes of at least 4 members (excludes halogenated alkanes) is 1. The van der Waals surface area contributed by atoms with Gasteiger partial charge < -0.3 is 10.1 Å². The van der Waals surface area contributed by atoms with Crippen LogP contribution in [0, 0.1) is 0 Å². The van der Waals surface area contributed by atoms with Crippen LogP contribution >= 0.6 is 0 Å². The van der Waals surface area contributed by atoms with Gasteiger partial charge in [0.05, 0.1) is 18.5 Å². The molecule has 1 aliphatic rings. The third-order valence-corrected chi connectivity index (χ3v) is 3.15. The lowest BCUT2D eigenvalue weighted by Crippen LogP contribution is -2.25. The Kier molecular flexibility index (Phi) is 3.65. The van der Waals surface area contributed by atoms with Crippen LogP contribution in [-0.2, 0) is 6.42 Å². The molecule has 0 fully saturated rings. The van der Waals surface area contributed by atoms with Gasteiger partial charge in [-0.1, -0.05) is 19.8 Å². The van der Waals surface area contributed by atoms with E-state index in [2.05, 4.69) is 23.3 Å². The second kappa shape index (κ2) is 5.19. The Morgan fingerprint density at radius 1 is 1.50 bits per heavy atom. The van der Waals surface area contributed by atoms with E-state index in [1.54, 1.807) is 7.11 Å². The number of pyridine rings is 1. The molecule has 3 nitrogen and oxygen atoms in total. The number of aryl methyl sites for hydroxylation is 1. The van der Waals surface area contributed by atoms with Gasteiger partial charge in [0.15, 0.2) is 0 Å². The number of nitrogens with one attached hydrogen (secondary N) is 1. The van der Waals surface area contributed by atoms with Crippen molar-refractivity contribution in [3.63, 3.8) is 0 Å². The van der Waals surface area contributed by atoms with E-state index >= 15 is 0 Å². The summed E-state index contributed by atoms with van der Waals surface area (Å²) in [6, 6.07) is 4.63. The maximum absolute atomic E-state index is 5.13. The molecule has 3 heteroatoms. The molecule has 0 amide bonds. The number of nitrogens with zero attached hydrogens (tertiary/aromatic N) is 1. The Bertz CT molecular complexity index is 352. The molecule has 1 N–H and O–H groups in total. The minimum atomic E-state index is 0.627. The van der Waals surface area contributed by atoms with Gasteiger partial charge in [-0.05, 0) is 25.3 Å². The first-order valence-corrected chi connectivity index (χ1v) is 6.14. The first kappa shape index (κ1) is 11.2. The van der Waals surface area contributed by atoms with Crippen LogP contribution in [0.3, 0.4) is 0 Å². The summed E-state index contributed by atoms with van der Waals surface area (Å²) in [5, 5.41) is 3.57. The van der Waals surface area contributed by atoms with Crippen molar-refractivity contribution >= 4 is 5.69 Å². The van der Waals surface area contributed by atoms with E-state index < -0.39 is 0 Å². The Morgan fingerprint density at radius 2 is 2.38 bits per heavy atom. The zero-order chi connectivity index (χ0) is 11.4. The third kappa shape index (κ3) is 2.46. The van der Waals surface area contributed by atoms with E-state index in [-0.39, 0.29) is 0 Å². The lowest BCUT2D eigenvalue weighted by molar-refractivity contribution is 0.395. The molecule has 2 heterocycles. The van der Waals surface area contributed by atoms with Crippen molar-refractivity contribution in [1.82, 2.24) is 4.98 Å². The molecular weight excluding hydrogens is 200 g/mol. The van der Waals surface area contributed by atoms with Gasteiger partial charge in [0, 0.05) is 12.1 Å². The molecule has 1 aromatic heterocycles. The second-order valence-electron chi connectivity index (χ2n) is 4.37. The van der Waals surface area contributed by atoms with Crippen molar-refractivity contribution in [3.05, 3.63) is 17.8 Å². The average molecular weight is 220 g/mol. The van der Waals surface area contributed by atoms with E-state index in [4.69, 9.17) is 4.74 Å². The average Bonchev–Trinajstić information content (AvgIpc) is 2.35. The zero-order valence-corrected chi connectivity index (χ0v) is 10.1. The highest BCUT2D eigenvalue weighted by atomic mass is 16.5. The summed E-state index contributed by atoms with van der Waals surface area (Å²) < 4.78 is 5.13. The van der Waals surface area contributed by atoms with Gasteiger partial charge >= 0.3 is 0 Å². The van der Waals surface area contributed by atoms with Gasteiger partial charge in [-0.3, -0.25) is 0 Å². The molecule has 0 bridgehead atoms. The van der Waals surface area contributed by atoms with Crippen molar-refractivity contribution in [2.75, 3.05) is 12.4 Å². The number of hydrogen-bond acceptors (Lipinski definition) is 3. The highest BCUT2D eigenvalue weighted by molar-refractivity contribution is 5.52. The van der Waals surface area contributed by atoms with Crippen LogP contribution in [0.2, 0.25) is 0 Å². The molecule has 1 atom stereocenters. The zero-order valence-electron chi connectivity index (χ0n) is 10.1. The van der Waals surface area contributed by atoms with Crippen molar-refractivity contribution in [3.8, 4) is 5.88 Å². The molecule has 88 valence electrons. The quantitative estimate of drug-likeness (QED) is 0.847. The molecule has 0 aliphatic carbocycles. The van der Waals surface area contributed by atoms with Crippen LogP contribution in [0.1, 0.15) is 38.3 Å². The Labute approximate surface area is 97.2 Å². The number of methoxy groups -OCH3 is 1. The van der Waals surface area contributed by atoms with Crippen molar-refractivity contribution in [2.24, 2.45) is 0 Å². The maximum atomic E-state index is 5.13. The molecular formula is C13H20N2O. The highest BCUT2D eigenvalue weighted by Gasteiger charge is 2.18. The van der Waals surface area contributed by atoms with Gasteiger partial charge in [0.25, 0.3) is 0 Å². The fourth-order valence-corrected chi connectivity index (χ4v) is 2.19. The SMILES string of the molecule is CCCC[C@@H]1CCc2nc(OC)ccc2N1. The predicted molar refractivity (Wildman–Crippen MR) is 66.0 cm³/mol. The van der Waals surface area contributed by atoms with Gasteiger partial charge in [-0.15, -0.1) is 0 Å².